The van der Waals surface area contributed by atoms with Crippen molar-refractivity contribution < 1.29 is 4.79 Å². The minimum absolute atomic E-state index is 0.167. The van der Waals surface area contributed by atoms with Crippen molar-refractivity contribution in [3.63, 3.8) is 0 Å². The largest absolute Gasteiger partial charge is 0.368 e. The number of nitrogens with two attached hydrogens (primary N) is 1. The molecule has 4 nitrogen and oxygen atoms in total. The molecule has 2 rings (SSSR count). The van der Waals surface area contributed by atoms with Gasteiger partial charge in [-0.1, -0.05) is 19.8 Å². The van der Waals surface area contributed by atoms with E-state index in [1.54, 1.807) is 0 Å². The number of nitrogens with zero attached hydrogens (tertiary/aromatic N) is 1. The third-order valence-electron chi connectivity index (χ3n) is 5.39. The van der Waals surface area contributed by atoms with Crippen LogP contribution in [0.15, 0.2) is 0 Å². The average molecular weight is 295 g/mol. The molecule has 1 aliphatic heterocycles. The molecule has 0 spiro atoms. The number of nitrogens with one attached hydrogen (secondary N) is 1. The van der Waals surface area contributed by atoms with Crippen molar-refractivity contribution in [1.82, 2.24) is 10.2 Å². The minimum Gasteiger partial charge on any atom is -0.368 e. The van der Waals surface area contributed by atoms with E-state index in [1.807, 2.05) is 0 Å². The Morgan fingerprint density at radius 3 is 2.52 bits per heavy atom. The number of primary amides is 1. The second-order valence-corrected chi connectivity index (χ2v) is 7.41. The first-order valence-corrected chi connectivity index (χ1v) is 8.78. The topological polar surface area (TPSA) is 58.4 Å². The fourth-order valence-electron chi connectivity index (χ4n) is 4.32. The van der Waals surface area contributed by atoms with Gasteiger partial charge in [0.05, 0.1) is 5.54 Å². The first-order chi connectivity index (χ1) is 9.97. The van der Waals surface area contributed by atoms with Crippen molar-refractivity contribution in [2.45, 2.75) is 83.3 Å². The van der Waals surface area contributed by atoms with Gasteiger partial charge in [-0.05, 0) is 65.0 Å². The summed E-state index contributed by atoms with van der Waals surface area (Å²) in [5.41, 5.74) is 5.24. The molecule has 1 amide bonds. The Morgan fingerprint density at radius 1 is 1.33 bits per heavy atom. The standard InChI is InChI=1S/C17H33N3O/c1-4-5-14-7-10-20(11-8-14)15-6-9-17(12-15,16(18)21)19-13(2)3/h13-15,19H,4-12H2,1-3H3,(H2,18,21). The van der Waals surface area contributed by atoms with Crippen molar-refractivity contribution in [2.24, 2.45) is 11.7 Å². The molecule has 122 valence electrons. The van der Waals surface area contributed by atoms with Crippen molar-refractivity contribution in [3.8, 4) is 0 Å². The third-order valence-corrected chi connectivity index (χ3v) is 5.39. The third kappa shape index (κ3) is 3.98. The second kappa shape index (κ2) is 7.10. The zero-order valence-corrected chi connectivity index (χ0v) is 14.0. The lowest BCUT2D eigenvalue weighted by Crippen LogP contribution is -2.57. The number of carbonyl (C=O) groups excluding carboxylic acids is 1. The summed E-state index contributed by atoms with van der Waals surface area (Å²) in [6, 6.07) is 0.831. The van der Waals surface area contributed by atoms with Gasteiger partial charge in [0.15, 0.2) is 0 Å². The first-order valence-electron chi connectivity index (χ1n) is 8.78. The van der Waals surface area contributed by atoms with E-state index in [9.17, 15) is 4.79 Å². The summed E-state index contributed by atoms with van der Waals surface area (Å²) in [7, 11) is 0. The van der Waals surface area contributed by atoms with E-state index in [0.29, 0.717) is 12.1 Å². The molecule has 1 saturated carbocycles. The van der Waals surface area contributed by atoms with Crippen molar-refractivity contribution in [3.05, 3.63) is 0 Å². The molecule has 2 aliphatic rings. The number of hydrogen-bond donors (Lipinski definition) is 2. The van der Waals surface area contributed by atoms with Gasteiger partial charge in [-0.25, -0.2) is 0 Å². The van der Waals surface area contributed by atoms with E-state index < -0.39 is 5.54 Å². The Morgan fingerprint density at radius 2 is 2.00 bits per heavy atom. The number of likely N-dealkylation sites (tertiary alicyclic amines) is 1. The summed E-state index contributed by atoms with van der Waals surface area (Å²) in [4.78, 5) is 14.6. The highest BCUT2D eigenvalue weighted by Crippen LogP contribution is 2.35. The van der Waals surface area contributed by atoms with Gasteiger partial charge in [0.2, 0.25) is 5.91 Å². The van der Waals surface area contributed by atoms with Gasteiger partial charge in [-0.2, -0.15) is 0 Å². The van der Waals surface area contributed by atoms with Gasteiger partial charge >= 0.3 is 0 Å². The second-order valence-electron chi connectivity index (χ2n) is 7.41. The molecule has 1 aliphatic carbocycles. The summed E-state index contributed by atoms with van der Waals surface area (Å²) in [6.07, 6.45) is 8.20. The Balaban J connectivity index is 1.91. The van der Waals surface area contributed by atoms with Crippen molar-refractivity contribution in [2.75, 3.05) is 13.1 Å². The van der Waals surface area contributed by atoms with E-state index in [1.165, 1.54) is 38.8 Å². The highest BCUT2D eigenvalue weighted by Gasteiger charge is 2.46. The highest BCUT2D eigenvalue weighted by atomic mass is 16.1. The zero-order chi connectivity index (χ0) is 15.5. The fraction of sp³-hybridized carbons (Fsp3) is 0.941. The van der Waals surface area contributed by atoms with Crippen molar-refractivity contribution in [1.29, 1.82) is 0 Å². The molecule has 0 bridgehead atoms. The Bertz CT molecular complexity index is 350. The molecule has 0 aromatic carbocycles. The van der Waals surface area contributed by atoms with Crippen LogP contribution in [-0.4, -0.2) is 41.5 Å². The molecule has 4 heteroatoms. The molecule has 0 aromatic rings. The minimum atomic E-state index is -0.473. The summed E-state index contributed by atoms with van der Waals surface area (Å²) >= 11 is 0. The summed E-state index contributed by atoms with van der Waals surface area (Å²) in [6.45, 7) is 8.86. The van der Waals surface area contributed by atoms with Gasteiger partial charge in [0, 0.05) is 12.1 Å². The molecule has 21 heavy (non-hydrogen) atoms. The molecule has 2 unspecified atom stereocenters. The van der Waals surface area contributed by atoms with E-state index in [0.717, 1.165) is 25.2 Å². The van der Waals surface area contributed by atoms with Crippen LogP contribution in [0.5, 0.6) is 0 Å². The molecule has 2 fully saturated rings. The number of hydrogen-bond acceptors (Lipinski definition) is 3. The van der Waals surface area contributed by atoms with Crippen LogP contribution in [0.3, 0.4) is 0 Å². The number of carbonyl (C=O) groups is 1. The lowest BCUT2D eigenvalue weighted by molar-refractivity contribution is -0.124. The molecule has 1 heterocycles. The van der Waals surface area contributed by atoms with Crippen LogP contribution in [0.1, 0.15) is 65.7 Å². The molecule has 0 aromatic heterocycles. The number of piperidine rings is 1. The normalized spacial score (nSPS) is 31.9. The monoisotopic (exact) mass is 295 g/mol. The maximum Gasteiger partial charge on any atom is 0.237 e. The van der Waals surface area contributed by atoms with Crippen LogP contribution in [0, 0.1) is 5.92 Å². The summed E-state index contributed by atoms with van der Waals surface area (Å²) in [5, 5.41) is 3.45. The maximum absolute atomic E-state index is 12.0. The predicted octanol–water partition coefficient (Wildman–Crippen LogP) is 2.27. The lowest BCUT2D eigenvalue weighted by Gasteiger charge is -2.37. The first kappa shape index (κ1) is 16.8. The smallest absolute Gasteiger partial charge is 0.237 e. The Kier molecular flexibility index (Phi) is 5.67. The zero-order valence-electron chi connectivity index (χ0n) is 14.0. The molecular weight excluding hydrogens is 262 g/mol. The van der Waals surface area contributed by atoms with Crippen LogP contribution in [0.25, 0.3) is 0 Å². The van der Waals surface area contributed by atoms with E-state index in [2.05, 4.69) is 31.0 Å². The van der Waals surface area contributed by atoms with E-state index >= 15 is 0 Å². The van der Waals surface area contributed by atoms with E-state index in [4.69, 9.17) is 5.73 Å². The number of amides is 1. The quantitative estimate of drug-likeness (QED) is 0.790. The summed E-state index contributed by atoms with van der Waals surface area (Å²) in [5.74, 6) is 0.752. The van der Waals surface area contributed by atoms with Gasteiger partial charge in [-0.15, -0.1) is 0 Å². The fourth-order valence-corrected chi connectivity index (χ4v) is 4.32. The van der Waals surface area contributed by atoms with Crippen LogP contribution in [0.4, 0.5) is 0 Å². The molecular formula is C17H33N3O. The molecule has 1 saturated heterocycles. The van der Waals surface area contributed by atoms with Crippen LogP contribution in [-0.2, 0) is 4.79 Å². The summed E-state index contributed by atoms with van der Waals surface area (Å²) < 4.78 is 0. The van der Waals surface area contributed by atoms with Crippen LogP contribution in [0.2, 0.25) is 0 Å². The average Bonchev–Trinajstić information content (AvgIpc) is 2.85. The van der Waals surface area contributed by atoms with Gasteiger partial charge in [0.1, 0.15) is 0 Å². The maximum atomic E-state index is 12.0. The SMILES string of the molecule is CCCC1CCN(C2CCC(NC(C)C)(C(N)=O)C2)CC1. The van der Waals surface area contributed by atoms with Gasteiger partial charge in [-0.3, -0.25) is 4.79 Å². The predicted molar refractivity (Wildman–Crippen MR) is 87.0 cm³/mol. The molecule has 3 N–H and O–H groups in total. The van der Waals surface area contributed by atoms with E-state index in [-0.39, 0.29) is 5.91 Å². The highest BCUT2D eigenvalue weighted by molar-refractivity contribution is 5.85. The van der Waals surface area contributed by atoms with Gasteiger partial charge < -0.3 is 16.0 Å². The van der Waals surface area contributed by atoms with Crippen LogP contribution < -0.4 is 11.1 Å². The molecule has 0 radical (unpaired) electrons. The lowest BCUT2D eigenvalue weighted by atomic mass is 9.91. The number of rotatable bonds is 6. The molecule has 2 atom stereocenters. The van der Waals surface area contributed by atoms with Gasteiger partial charge in [0.25, 0.3) is 0 Å². The Labute approximate surface area is 129 Å². The van der Waals surface area contributed by atoms with Crippen LogP contribution >= 0.6 is 0 Å². The Hall–Kier alpha value is -0.610. The van der Waals surface area contributed by atoms with Crippen molar-refractivity contribution >= 4 is 5.91 Å².